The Balaban J connectivity index is 2.26. The maximum atomic E-state index is 12.3. The van der Waals surface area contributed by atoms with Gasteiger partial charge in [-0.25, -0.2) is 0 Å². The second kappa shape index (κ2) is 6.84. The third-order valence-electron chi connectivity index (χ3n) is 3.22. The summed E-state index contributed by atoms with van der Waals surface area (Å²) >= 11 is 6.47. The summed E-state index contributed by atoms with van der Waals surface area (Å²) in [5, 5.41) is 14.1. The molecule has 2 aromatic rings. The number of thiocarbonyl (C=S) groups is 1. The summed E-state index contributed by atoms with van der Waals surface area (Å²) in [4.78, 5) is 24.4. The van der Waals surface area contributed by atoms with Crippen LogP contribution in [0.1, 0.15) is 25.7 Å². The quantitative estimate of drug-likeness (QED) is 0.514. The second-order valence-electron chi connectivity index (χ2n) is 4.78. The van der Waals surface area contributed by atoms with E-state index in [2.05, 4.69) is 5.32 Å². The Kier molecular flexibility index (Phi) is 5.07. The lowest BCUT2D eigenvalue weighted by Gasteiger charge is -2.05. The number of benzene rings is 1. The molecular weight excluding hydrogens is 336 g/mol. The third-order valence-corrected chi connectivity index (χ3v) is 4.79. The average molecular weight is 350 g/mol. The van der Waals surface area contributed by atoms with Crippen LogP contribution in [-0.4, -0.2) is 23.0 Å². The molecule has 0 bridgehead atoms. The van der Waals surface area contributed by atoms with Gasteiger partial charge in [0, 0.05) is 22.1 Å². The lowest BCUT2D eigenvalue weighted by Crippen LogP contribution is -2.12. The standard InChI is InChI=1S/C15H14N2O4S2/c1-8-4-5-10(6-12(8)17(19)20)14(18)16-11-7-13(15(22)21-3)23-9(11)2/h4-7H,1-3H3,(H,16,18). The first kappa shape index (κ1) is 17.0. The van der Waals surface area contributed by atoms with Crippen LogP contribution < -0.4 is 5.32 Å². The van der Waals surface area contributed by atoms with Gasteiger partial charge >= 0.3 is 0 Å². The molecule has 1 aromatic heterocycles. The van der Waals surface area contributed by atoms with Gasteiger partial charge < -0.3 is 10.1 Å². The summed E-state index contributed by atoms with van der Waals surface area (Å²) in [7, 11) is 1.49. The molecule has 0 aliphatic heterocycles. The molecule has 23 heavy (non-hydrogen) atoms. The first-order valence-corrected chi connectivity index (χ1v) is 7.81. The number of amides is 1. The van der Waals surface area contributed by atoms with Crippen LogP contribution in [0.3, 0.4) is 0 Å². The van der Waals surface area contributed by atoms with E-state index < -0.39 is 10.8 Å². The Labute approximate surface area is 142 Å². The summed E-state index contributed by atoms with van der Waals surface area (Å²) in [6.07, 6.45) is 0. The fourth-order valence-electron chi connectivity index (χ4n) is 1.95. The molecule has 0 unspecified atom stereocenters. The molecule has 6 nitrogen and oxygen atoms in total. The monoisotopic (exact) mass is 350 g/mol. The van der Waals surface area contributed by atoms with Gasteiger partial charge in [0.25, 0.3) is 11.6 Å². The molecule has 0 fully saturated rings. The minimum absolute atomic E-state index is 0.0825. The van der Waals surface area contributed by atoms with Crippen molar-refractivity contribution in [1.82, 2.24) is 0 Å². The number of aryl methyl sites for hydroxylation is 2. The minimum atomic E-state index is -0.503. The number of hydrogen-bond donors (Lipinski definition) is 1. The number of ether oxygens (including phenoxy) is 1. The second-order valence-corrected chi connectivity index (χ2v) is 6.41. The van der Waals surface area contributed by atoms with Gasteiger partial charge in [-0.15, -0.1) is 11.3 Å². The lowest BCUT2D eigenvalue weighted by atomic mass is 10.1. The van der Waals surface area contributed by atoms with Crippen molar-refractivity contribution in [1.29, 1.82) is 0 Å². The normalized spacial score (nSPS) is 10.2. The fraction of sp³-hybridized carbons (Fsp3) is 0.200. The average Bonchev–Trinajstić information content (AvgIpc) is 2.87. The number of nitrogens with one attached hydrogen (secondary N) is 1. The predicted octanol–water partition coefficient (Wildman–Crippen LogP) is 3.85. The largest absolute Gasteiger partial charge is 0.486 e. The van der Waals surface area contributed by atoms with E-state index in [9.17, 15) is 14.9 Å². The van der Waals surface area contributed by atoms with Crippen molar-refractivity contribution in [3.8, 4) is 0 Å². The van der Waals surface area contributed by atoms with Crippen molar-refractivity contribution in [3.05, 3.63) is 55.3 Å². The number of anilines is 1. The highest BCUT2D eigenvalue weighted by molar-refractivity contribution is 7.80. The van der Waals surface area contributed by atoms with Crippen molar-refractivity contribution >= 4 is 45.9 Å². The van der Waals surface area contributed by atoms with E-state index in [0.29, 0.717) is 16.3 Å². The van der Waals surface area contributed by atoms with E-state index in [0.717, 1.165) is 9.75 Å². The van der Waals surface area contributed by atoms with E-state index in [4.69, 9.17) is 17.0 Å². The molecule has 0 aliphatic rings. The van der Waals surface area contributed by atoms with E-state index in [-0.39, 0.29) is 11.3 Å². The van der Waals surface area contributed by atoms with Crippen LogP contribution in [0.5, 0.6) is 0 Å². The van der Waals surface area contributed by atoms with Crippen molar-refractivity contribution in [2.45, 2.75) is 13.8 Å². The maximum absolute atomic E-state index is 12.3. The zero-order chi connectivity index (χ0) is 17.1. The molecule has 0 saturated carbocycles. The Hall–Kier alpha value is -2.32. The number of thiophene rings is 1. The Bertz CT molecular complexity index is 799. The molecular formula is C15H14N2O4S2. The van der Waals surface area contributed by atoms with Crippen LogP contribution >= 0.6 is 23.6 Å². The predicted molar refractivity (Wildman–Crippen MR) is 93.6 cm³/mol. The highest BCUT2D eigenvalue weighted by atomic mass is 32.1. The number of methoxy groups -OCH3 is 1. The van der Waals surface area contributed by atoms with Crippen LogP contribution in [0.15, 0.2) is 24.3 Å². The number of carbonyl (C=O) groups excluding carboxylic acids is 1. The van der Waals surface area contributed by atoms with E-state index in [1.165, 1.54) is 24.5 Å². The Morgan fingerprint density at radius 2 is 2.04 bits per heavy atom. The number of nitro groups is 1. The molecule has 0 radical (unpaired) electrons. The molecule has 1 aromatic carbocycles. The lowest BCUT2D eigenvalue weighted by molar-refractivity contribution is -0.385. The molecule has 2 rings (SSSR count). The molecule has 0 aliphatic carbocycles. The summed E-state index contributed by atoms with van der Waals surface area (Å²) in [6, 6.07) is 6.11. The highest BCUT2D eigenvalue weighted by Gasteiger charge is 2.17. The number of nitro benzene ring substituents is 1. The smallest absolute Gasteiger partial charge is 0.273 e. The van der Waals surface area contributed by atoms with Gasteiger partial charge in [-0.1, -0.05) is 6.07 Å². The van der Waals surface area contributed by atoms with E-state index >= 15 is 0 Å². The molecule has 0 atom stereocenters. The molecule has 0 spiro atoms. The topological polar surface area (TPSA) is 81.5 Å². The van der Waals surface area contributed by atoms with E-state index in [1.54, 1.807) is 25.1 Å². The van der Waals surface area contributed by atoms with Crippen molar-refractivity contribution in [3.63, 3.8) is 0 Å². The molecule has 120 valence electrons. The SMILES string of the molecule is COC(=S)c1cc(NC(=O)c2ccc(C)c([N+](=O)[O-])c2)c(C)s1. The molecule has 1 N–H and O–H groups in total. The van der Waals surface area contributed by atoms with Gasteiger partial charge in [0.2, 0.25) is 5.05 Å². The highest BCUT2D eigenvalue weighted by Crippen LogP contribution is 2.28. The van der Waals surface area contributed by atoms with Crippen LogP contribution in [0.2, 0.25) is 0 Å². The van der Waals surface area contributed by atoms with Crippen LogP contribution in [-0.2, 0) is 4.74 Å². The Morgan fingerprint density at radius 3 is 2.65 bits per heavy atom. The van der Waals surface area contributed by atoms with Crippen molar-refractivity contribution < 1.29 is 14.5 Å². The summed E-state index contributed by atoms with van der Waals surface area (Å²) in [5.41, 5.74) is 1.26. The van der Waals surface area contributed by atoms with Gasteiger partial charge in [-0.2, -0.15) is 0 Å². The first-order valence-electron chi connectivity index (χ1n) is 6.58. The zero-order valence-corrected chi connectivity index (χ0v) is 14.3. The minimum Gasteiger partial charge on any atom is -0.486 e. The Morgan fingerprint density at radius 1 is 1.35 bits per heavy atom. The number of carbonyl (C=O) groups is 1. The summed E-state index contributed by atoms with van der Waals surface area (Å²) < 4.78 is 5.00. The molecule has 1 heterocycles. The summed E-state index contributed by atoms with van der Waals surface area (Å²) in [5.74, 6) is -0.413. The third kappa shape index (κ3) is 3.72. The zero-order valence-electron chi connectivity index (χ0n) is 12.7. The van der Waals surface area contributed by atoms with E-state index in [1.807, 2.05) is 6.92 Å². The van der Waals surface area contributed by atoms with Crippen LogP contribution in [0.25, 0.3) is 0 Å². The number of hydrogen-bond acceptors (Lipinski definition) is 6. The fourth-order valence-corrected chi connectivity index (χ4v) is 3.03. The van der Waals surface area contributed by atoms with Gasteiger partial charge in [-0.3, -0.25) is 14.9 Å². The van der Waals surface area contributed by atoms with Gasteiger partial charge in [0.15, 0.2) is 0 Å². The van der Waals surface area contributed by atoms with Crippen LogP contribution in [0, 0.1) is 24.0 Å². The van der Waals surface area contributed by atoms with Gasteiger partial charge in [-0.05, 0) is 38.2 Å². The molecule has 1 amide bonds. The van der Waals surface area contributed by atoms with Crippen molar-refractivity contribution in [2.75, 3.05) is 12.4 Å². The van der Waals surface area contributed by atoms with Gasteiger partial charge in [0.1, 0.15) is 0 Å². The van der Waals surface area contributed by atoms with Crippen molar-refractivity contribution in [2.24, 2.45) is 0 Å². The summed E-state index contributed by atoms with van der Waals surface area (Å²) in [6.45, 7) is 3.47. The molecule has 0 saturated heterocycles. The maximum Gasteiger partial charge on any atom is 0.273 e. The first-order chi connectivity index (χ1) is 10.8. The number of nitrogens with zero attached hydrogens (tertiary/aromatic N) is 1. The molecule has 8 heteroatoms. The van der Waals surface area contributed by atoms with Crippen LogP contribution in [0.4, 0.5) is 11.4 Å². The number of rotatable bonds is 4. The van der Waals surface area contributed by atoms with Gasteiger partial charge in [0.05, 0.1) is 22.6 Å².